The number of nitrogens with zero attached hydrogens (tertiary/aromatic N) is 3. The van der Waals surface area contributed by atoms with Crippen LogP contribution in [0.2, 0.25) is 0 Å². The van der Waals surface area contributed by atoms with E-state index in [0.29, 0.717) is 5.96 Å². The van der Waals surface area contributed by atoms with Gasteiger partial charge in [0.2, 0.25) is 5.91 Å². The number of guanidine groups is 1. The molecule has 0 aliphatic carbocycles. The highest BCUT2D eigenvalue weighted by atomic mass is 127. The van der Waals surface area contributed by atoms with Gasteiger partial charge in [0, 0.05) is 44.7 Å². The van der Waals surface area contributed by atoms with Crippen molar-refractivity contribution in [3.05, 3.63) is 16.1 Å². The van der Waals surface area contributed by atoms with Crippen LogP contribution >= 0.6 is 35.3 Å². The van der Waals surface area contributed by atoms with Crippen LogP contribution in [0.5, 0.6) is 0 Å². The third-order valence-corrected chi connectivity index (χ3v) is 4.00. The largest absolute Gasteiger partial charge is 0.357 e. The molecule has 0 spiro atoms. The van der Waals surface area contributed by atoms with Crippen molar-refractivity contribution >= 4 is 47.2 Å². The predicted octanol–water partition coefficient (Wildman–Crippen LogP) is 1.51. The molecule has 0 radical (unpaired) electrons. The van der Waals surface area contributed by atoms with Gasteiger partial charge in [0.15, 0.2) is 5.96 Å². The fourth-order valence-electron chi connectivity index (χ4n) is 1.54. The van der Waals surface area contributed by atoms with E-state index in [0.717, 1.165) is 30.9 Å². The Kier molecular flexibility index (Phi) is 11.2. The zero-order chi connectivity index (χ0) is 15.7. The molecule has 0 unspecified atom stereocenters. The van der Waals surface area contributed by atoms with Crippen molar-refractivity contribution in [3.8, 4) is 0 Å². The van der Waals surface area contributed by atoms with E-state index < -0.39 is 0 Å². The van der Waals surface area contributed by atoms with Crippen molar-refractivity contribution in [3.63, 3.8) is 0 Å². The van der Waals surface area contributed by atoms with Gasteiger partial charge in [-0.25, -0.2) is 9.98 Å². The minimum Gasteiger partial charge on any atom is -0.357 e. The fourth-order valence-corrected chi connectivity index (χ4v) is 2.41. The van der Waals surface area contributed by atoms with Crippen LogP contribution in [0.3, 0.4) is 0 Å². The maximum Gasteiger partial charge on any atom is 0.243 e. The summed E-state index contributed by atoms with van der Waals surface area (Å²) in [4.78, 5) is 23.0. The average molecular weight is 439 g/mol. The number of carbonyl (C=O) groups excluding carboxylic acids is 1. The van der Waals surface area contributed by atoms with E-state index >= 15 is 0 Å². The molecule has 1 amide bonds. The molecule has 8 heteroatoms. The van der Waals surface area contributed by atoms with E-state index in [4.69, 9.17) is 0 Å². The van der Waals surface area contributed by atoms with E-state index in [1.165, 1.54) is 9.78 Å². The van der Waals surface area contributed by atoms with Gasteiger partial charge < -0.3 is 15.5 Å². The molecule has 1 aromatic heterocycles. The Morgan fingerprint density at radius 3 is 2.64 bits per heavy atom. The van der Waals surface area contributed by atoms with Gasteiger partial charge >= 0.3 is 0 Å². The van der Waals surface area contributed by atoms with Crippen LogP contribution in [0.4, 0.5) is 0 Å². The first kappa shape index (κ1) is 21.1. The Labute approximate surface area is 153 Å². The van der Waals surface area contributed by atoms with E-state index in [1.54, 1.807) is 25.4 Å². The summed E-state index contributed by atoms with van der Waals surface area (Å²) in [5.41, 5.74) is 0. The molecule has 126 valence electrons. The molecule has 0 saturated heterocycles. The molecule has 1 rings (SSSR count). The summed E-state index contributed by atoms with van der Waals surface area (Å²) in [6, 6.07) is 0. The molecular weight excluding hydrogens is 413 g/mol. The lowest BCUT2D eigenvalue weighted by molar-refractivity contribution is -0.127. The standard InChI is InChI=1S/C14H25N5OS.HI/c1-5-11-9-17-12(21-11)7-8-16-14(15-6-2)18-10-13(20)19(3)4;/h9H,5-8,10H2,1-4H3,(H2,15,16,18);1H. The lowest BCUT2D eigenvalue weighted by Gasteiger charge is -2.12. The van der Waals surface area contributed by atoms with Gasteiger partial charge in [-0.1, -0.05) is 6.92 Å². The van der Waals surface area contributed by atoms with Crippen molar-refractivity contribution in [2.75, 3.05) is 33.7 Å². The summed E-state index contributed by atoms with van der Waals surface area (Å²) in [5, 5.41) is 7.48. The number of amides is 1. The zero-order valence-electron chi connectivity index (χ0n) is 13.7. The van der Waals surface area contributed by atoms with Crippen LogP contribution in [0.1, 0.15) is 23.7 Å². The summed E-state index contributed by atoms with van der Waals surface area (Å²) in [7, 11) is 3.46. The topological polar surface area (TPSA) is 69.6 Å². The molecule has 1 aromatic rings. The Morgan fingerprint density at radius 1 is 1.36 bits per heavy atom. The lowest BCUT2D eigenvalue weighted by atomic mass is 10.4. The van der Waals surface area contributed by atoms with Gasteiger partial charge in [-0.2, -0.15) is 0 Å². The van der Waals surface area contributed by atoms with Crippen LogP contribution in [-0.4, -0.2) is 55.5 Å². The number of nitrogens with one attached hydrogen (secondary N) is 2. The minimum absolute atomic E-state index is 0. The smallest absolute Gasteiger partial charge is 0.243 e. The summed E-state index contributed by atoms with van der Waals surface area (Å²) in [6.07, 6.45) is 3.83. The van der Waals surface area contributed by atoms with Crippen molar-refractivity contribution < 1.29 is 4.79 Å². The van der Waals surface area contributed by atoms with E-state index in [2.05, 4.69) is 27.5 Å². The van der Waals surface area contributed by atoms with Crippen LogP contribution in [0.15, 0.2) is 11.2 Å². The second-order valence-corrected chi connectivity index (χ2v) is 5.93. The Hall–Kier alpha value is -0.900. The van der Waals surface area contributed by atoms with Gasteiger partial charge in [-0.15, -0.1) is 35.3 Å². The first-order chi connectivity index (χ1) is 10.1. The Balaban J connectivity index is 0.00000441. The van der Waals surface area contributed by atoms with Crippen LogP contribution < -0.4 is 10.6 Å². The number of likely N-dealkylation sites (N-methyl/N-ethyl adjacent to an activating group) is 1. The van der Waals surface area contributed by atoms with Gasteiger partial charge in [0.1, 0.15) is 6.54 Å². The number of aliphatic imine (C=N–C) groups is 1. The molecule has 0 saturated carbocycles. The molecule has 0 aliphatic heterocycles. The number of halogens is 1. The first-order valence-electron chi connectivity index (χ1n) is 7.22. The Morgan fingerprint density at radius 2 is 2.09 bits per heavy atom. The average Bonchev–Trinajstić information content (AvgIpc) is 2.92. The van der Waals surface area contributed by atoms with Crippen molar-refractivity contribution in [1.82, 2.24) is 20.5 Å². The second-order valence-electron chi connectivity index (χ2n) is 4.73. The number of carbonyl (C=O) groups is 1. The molecule has 0 aromatic carbocycles. The van der Waals surface area contributed by atoms with E-state index in [1.807, 2.05) is 13.1 Å². The fraction of sp³-hybridized carbons (Fsp3) is 0.643. The first-order valence-corrected chi connectivity index (χ1v) is 8.04. The molecule has 2 N–H and O–H groups in total. The van der Waals surface area contributed by atoms with Crippen molar-refractivity contribution in [2.45, 2.75) is 26.7 Å². The maximum absolute atomic E-state index is 11.5. The molecule has 1 heterocycles. The summed E-state index contributed by atoms with van der Waals surface area (Å²) in [5.74, 6) is 0.652. The molecule has 0 bridgehead atoms. The van der Waals surface area contributed by atoms with Gasteiger partial charge in [0.25, 0.3) is 0 Å². The number of hydrogen-bond donors (Lipinski definition) is 2. The third-order valence-electron chi connectivity index (χ3n) is 2.80. The number of aromatic nitrogens is 1. The normalized spacial score (nSPS) is 10.8. The molecule has 0 aliphatic rings. The van der Waals surface area contributed by atoms with Gasteiger partial charge in [0.05, 0.1) is 5.01 Å². The zero-order valence-corrected chi connectivity index (χ0v) is 16.8. The highest BCUT2D eigenvalue weighted by Gasteiger charge is 2.05. The summed E-state index contributed by atoms with van der Waals surface area (Å²) >= 11 is 1.75. The number of rotatable bonds is 7. The van der Waals surface area contributed by atoms with Crippen molar-refractivity contribution in [1.29, 1.82) is 0 Å². The van der Waals surface area contributed by atoms with Crippen LogP contribution in [-0.2, 0) is 17.6 Å². The van der Waals surface area contributed by atoms with Crippen molar-refractivity contribution in [2.24, 2.45) is 4.99 Å². The number of aryl methyl sites for hydroxylation is 1. The lowest BCUT2D eigenvalue weighted by Crippen LogP contribution is -2.39. The van der Waals surface area contributed by atoms with Crippen LogP contribution in [0, 0.1) is 0 Å². The van der Waals surface area contributed by atoms with Gasteiger partial charge in [-0.3, -0.25) is 4.79 Å². The SMILES string of the molecule is CCNC(=NCC(=O)N(C)C)NCCc1ncc(CC)s1.I. The quantitative estimate of drug-likeness (QED) is 0.384. The molecule has 22 heavy (non-hydrogen) atoms. The molecule has 6 nitrogen and oxygen atoms in total. The van der Waals surface area contributed by atoms with Gasteiger partial charge in [-0.05, 0) is 13.3 Å². The number of hydrogen-bond acceptors (Lipinski definition) is 4. The Bertz CT molecular complexity index is 476. The van der Waals surface area contributed by atoms with E-state index in [9.17, 15) is 4.79 Å². The van der Waals surface area contributed by atoms with E-state index in [-0.39, 0.29) is 36.4 Å². The highest BCUT2D eigenvalue weighted by Crippen LogP contribution is 2.13. The third kappa shape index (κ3) is 7.92. The monoisotopic (exact) mass is 439 g/mol. The molecule has 0 atom stereocenters. The second kappa shape index (κ2) is 11.6. The summed E-state index contributed by atoms with van der Waals surface area (Å²) in [6.45, 7) is 5.80. The summed E-state index contributed by atoms with van der Waals surface area (Å²) < 4.78 is 0. The number of thiazole rings is 1. The highest BCUT2D eigenvalue weighted by molar-refractivity contribution is 14.0. The van der Waals surface area contributed by atoms with Crippen LogP contribution in [0.25, 0.3) is 0 Å². The maximum atomic E-state index is 11.5. The minimum atomic E-state index is -0.0142. The molecule has 0 fully saturated rings. The predicted molar refractivity (Wildman–Crippen MR) is 103 cm³/mol. The molecular formula is C14H26IN5OS.